The van der Waals surface area contributed by atoms with E-state index in [2.05, 4.69) is 61.4 Å². The van der Waals surface area contributed by atoms with Gasteiger partial charge in [-0.05, 0) is 67.1 Å². The van der Waals surface area contributed by atoms with Crippen LogP contribution in [0.15, 0.2) is 67.0 Å². The molecule has 1 N–H and O–H groups in total. The van der Waals surface area contributed by atoms with E-state index in [1.165, 1.54) is 34.7 Å². The van der Waals surface area contributed by atoms with Crippen LogP contribution < -0.4 is 5.32 Å². The molecule has 0 spiro atoms. The number of carbonyl (C=O) groups is 1. The number of aryl methyl sites for hydroxylation is 3. The number of nitrogens with zero attached hydrogens (tertiary/aromatic N) is 1. The quantitative estimate of drug-likeness (QED) is 0.717. The highest BCUT2D eigenvalue weighted by Gasteiger charge is 1.98. The first-order valence-electron chi connectivity index (χ1n) is 9.19. The van der Waals surface area contributed by atoms with Crippen LogP contribution in [-0.4, -0.2) is 10.9 Å². The van der Waals surface area contributed by atoms with Crippen molar-refractivity contribution in [3.05, 3.63) is 100 Å². The van der Waals surface area contributed by atoms with Crippen molar-refractivity contribution in [1.82, 2.24) is 10.3 Å². The van der Waals surface area contributed by atoms with Crippen LogP contribution in [0.2, 0.25) is 0 Å². The number of benzene rings is 2. The number of amides is 1. The number of pyridine rings is 1. The molecule has 140 valence electrons. The lowest BCUT2D eigenvalue weighted by Gasteiger charge is -2.05. The van der Waals surface area contributed by atoms with Crippen LogP contribution in [0.5, 0.6) is 0 Å². The van der Waals surface area contributed by atoms with Gasteiger partial charge in [-0.2, -0.15) is 0 Å². The molecule has 3 heteroatoms. The maximum Gasteiger partial charge on any atom is 0.217 e. The number of nitrogens with one attached hydrogen (secondary N) is 1. The summed E-state index contributed by atoms with van der Waals surface area (Å²) in [6.07, 6.45) is 4.52. The van der Waals surface area contributed by atoms with Gasteiger partial charge in [0.1, 0.15) is 0 Å². The van der Waals surface area contributed by atoms with Crippen LogP contribution >= 0.6 is 0 Å². The summed E-state index contributed by atoms with van der Waals surface area (Å²) in [5.74, 6) is -0.00383. The second-order valence-electron chi connectivity index (χ2n) is 6.85. The van der Waals surface area contributed by atoms with E-state index >= 15 is 0 Å². The number of hydrogen-bond acceptors (Lipinski definition) is 2. The van der Waals surface area contributed by atoms with E-state index in [9.17, 15) is 4.79 Å². The van der Waals surface area contributed by atoms with Crippen LogP contribution in [0, 0.1) is 20.8 Å². The summed E-state index contributed by atoms with van der Waals surface area (Å²) < 4.78 is 0. The molecule has 0 aliphatic rings. The zero-order valence-electron chi connectivity index (χ0n) is 16.6. The van der Waals surface area contributed by atoms with Crippen molar-refractivity contribution < 1.29 is 4.79 Å². The lowest BCUT2D eigenvalue weighted by molar-refractivity contribution is -0.119. The Morgan fingerprint density at radius 2 is 1.41 bits per heavy atom. The molecular weight excluding hydrogens is 332 g/mol. The van der Waals surface area contributed by atoms with Gasteiger partial charge in [0.25, 0.3) is 0 Å². The van der Waals surface area contributed by atoms with E-state index in [-0.39, 0.29) is 5.91 Å². The Hall–Kier alpha value is -2.94. The van der Waals surface area contributed by atoms with Gasteiger partial charge in [0.2, 0.25) is 5.91 Å². The zero-order valence-corrected chi connectivity index (χ0v) is 16.6. The highest BCUT2D eigenvalue weighted by molar-refractivity contribution is 5.72. The maximum absolute atomic E-state index is 10.8. The van der Waals surface area contributed by atoms with Gasteiger partial charge in [-0.25, -0.2) is 0 Å². The average molecular weight is 361 g/mol. The van der Waals surface area contributed by atoms with E-state index in [0.29, 0.717) is 6.54 Å². The minimum Gasteiger partial charge on any atom is -0.352 e. The third kappa shape index (κ3) is 7.45. The van der Waals surface area contributed by atoms with Crippen LogP contribution in [0.3, 0.4) is 0 Å². The molecule has 0 saturated heterocycles. The number of carbonyl (C=O) groups excluding carboxylic acids is 1. The van der Waals surface area contributed by atoms with E-state index in [4.69, 9.17) is 0 Å². The molecule has 0 atom stereocenters. The Morgan fingerprint density at radius 3 is 1.96 bits per heavy atom. The molecule has 0 unspecified atom stereocenters. The average Bonchev–Trinajstić information content (AvgIpc) is 2.66. The van der Waals surface area contributed by atoms with Crippen molar-refractivity contribution in [3.8, 4) is 0 Å². The SMILES string of the molecule is CC(=O)NCc1ccc(Cc2ccncc2)cc1.Cc1ccc(C)c(C)c1. The minimum absolute atomic E-state index is 0.00383. The molecule has 0 fully saturated rings. The third-order valence-corrected chi connectivity index (χ3v) is 4.38. The second kappa shape index (κ2) is 10.3. The molecule has 1 aromatic heterocycles. The van der Waals surface area contributed by atoms with E-state index < -0.39 is 0 Å². The molecule has 1 amide bonds. The van der Waals surface area contributed by atoms with Gasteiger partial charge in [-0.3, -0.25) is 9.78 Å². The zero-order chi connectivity index (χ0) is 19.6. The number of hydrogen-bond donors (Lipinski definition) is 1. The van der Waals surface area contributed by atoms with Crippen molar-refractivity contribution in [2.75, 3.05) is 0 Å². The molecule has 0 aliphatic heterocycles. The minimum atomic E-state index is -0.00383. The number of aromatic nitrogens is 1. The first-order chi connectivity index (χ1) is 12.9. The number of rotatable bonds is 4. The van der Waals surface area contributed by atoms with E-state index in [0.717, 1.165) is 12.0 Å². The van der Waals surface area contributed by atoms with Crippen molar-refractivity contribution in [3.63, 3.8) is 0 Å². The standard InChI is InChI=1S/C15H16N2O.C9H12/c1-12(18)17-11-15-4-2-13(3-5-15)10-14-6-8-16-9-7-14;1-7-4-5-8(2)9(3)6-7/h2-9H,10-11H2,1H3,(H,17,18);4-6H,1-3H3. The molecule has 0 aliphatic carbocycles. The summed E-state index contributed by atoms with van der Waals surface area (Å²) in [4.78, 5) is 14.8. The fourth-order valence-electron chi connectivity index (χ4n) is 2.63. The lowest BCUT2D eigenvalue weighted by atomic mass is 10.0. The molecule has 3 rings (SSSR count). The first kappa shape index (κ1) is 20.4. The van der Waals surface area contributed by atoms with Crippen molar-refractivity contribution in [2.45, 2.75) is 40.7 Å². The Labute approximate surface area is 162 Å². The molecule has 3 nitrogen and oxygen atoms in total. The summed E-state index contributed by atoms with van der Waals surface area (Å²) >= 11 is 0. The van der Waals surface area contributed by atoms with Gasteiger partial charge in [0.05, 0.1) is 0 Å². The first-order valence-corrected chi connectivity index (χ1v) is 9.19. The summed E-state index contributed by atoms with van der Waals surface area (Å²) in [7, 11) is 0. The van der Waals surface area contributed by atoms with Gasteiger partial charge in [0, 0.05) is 25.9 Å². The predicted octanol–water partition coefficient (Wildman–Crippen LogP) is 4.92. The van der Waals surface area contributed by atoms with E-state index in [1.54, 1.807) is 12.4 Å². The fourth-order valence-corrected chi connectivity index (χ4v) is 2.63. The fraction of sp³-hybridized carbons (Fsp3) is 0.250. The Balaban J connectivity index is 0.000000244. The van der Waals surface area contributed by atoms with Gasteiger partial charge in [-0.15, -0.1) is 0 Å². The smallest absolute Gasteiger partial charge is 0.217 e. The second-order valence-corrected chi connectivity index (χ2v) is 6.85. The normalized spacial score (nSPS) is 9.93. The predicted molar refractivity (Wildman–Crippen MR) is 112 cm³/mol. The Kier molecular flexibility index (Phi) is 7.75. The summed E-state index contributed by atoms with van der Waals surface area (Å²) in [5.41, 5.74) is 7.73. The molecular formula is C24H28N2O. The highest BCUT2D eigenvalue weighted by atomic mass is 16.1. The lowest BCUT2D eigenvalue weighted by Crippen LogP contribution is -2.18. The Bertz CT molecular complexity index is 855. The highest BCUT2D eigenvalue weighted by Crippen LogP contribution is 2.10. The summed E-state index contributed by atoms with van der Waals surface area (Å²) in [5, 5.41) is 2.78. The summed E-state index contributed by atoms with van der Waals surface area (Å²) in [6.45, 7) is 8.51. The molecule has 0 saturated carbocycles. The van der Waals surface area contributed by atoms with Crippen LogP contribution in [0.1, 0.15) is 40.3 Å². The third-order valence-electron chi connectivity index (χ3n) is 4.38. The largest absolute Gasteiger partial charge is 0.352 e. The molecule has 0 radical (unpaired) electrons. The molecule has 27 heavy (non-hydrogen) atoms. The van der Waals surface area contributed by atoms with Crippen molar-refractivity contribution in [1.29, 1.82) is 0 Å². The van der Waals surface area contributed by atoms with Crippen LogP contribution in [0.4, 0.5) is 0 Å². The van der Waals surface area contributed by atoms with Gasteiger partial charge >= 0.3 is 0 Å². The van der Waals surface area contributed by atoms with Crippen molar-refractivity contribution >= 4 is 5.91 Å². The van der Waals surface area contributed by atoms with E-state index in [1.807, 2.05) is 24.3 Å². The Morgan fingerprint density at radius 1 is 0.815 bits per heavy atom. The molecule has 3 aromatic rings. The van der Waals surface area contributed by atoms with Crippen LogP contribution in [0.25, 0.3) is 0 Å². The topological polar surface area (TPSA) is 42.0 Å². The van der Waals surface area contributed by atoms with Crippen LogP contribution in [-0.2, 0) is 17.8 Å². The maximum atomic E-state index is 10.8. The molecule has 1 heterocycles. The molecule has 2 aromatic carbocycles. The molecule has 0 bridgehead atoms. The van der Waals surface area contributed by atoms with Crippen molar-refractivity contribution in [2.24, 2.45) is 0 Å². The van der Waals surface area contributed by atoms with Gasteiger partial charge in [-0.1, -0.05) is 48.0 Å². The van der Waals surface area contributed by atoms with Gasteiger partial charge < -0.3 is 5.32 Å². The monoisotopic (exact) mass is 360 g/mol. The summed E-state index contributed by atoms with van der Waals surface area (Å²) in [6, 6.07) is 18.8. The van der Waals surface area contributed by atoms with Gasteiger partial charge in [0.15, 0.2) is 0 Å².